The van der Waals surface area contributed by atoms with Gasteiger partial charge in [-0.2, -0.15) is 0 Å². The van der Waals surface area contributed by atoms with Crippen LogP contribution in [0.3, 0.4) is 0 Å². The molecule has 1 heterocycles. The third kappa shape index (κ3) is 2.59. The number of rotatable bonds is 2. The Kier molecular flexibility index (Phi) is 3.87. The van der Waals surface area contributed by atoms with E-state index in [0.29, 0.717) is 27.7 Å². The molecule has 0 aliphatic heterocycles. The minimum atomic E-state index is -0.521. The van der Waals surface area contributed by atoms with Crippen molar-refractivity contribution >= 4 is 33.3 Å². The Balaban J connectivity index is 1.91. The standard InChI is InChI=1S/C16H14BrFN2O2/c1-8-14-12(3-2-4-13(14)21)19-15(8)16(22)20-11-6-5-9(17)7-10(11)18/h5-7,19H,2-4H2,1H3,(H,20,22). The van der Waals surface area contributed by atoms with E-state index in [1.54, 1.807) is 13.0 Å². The molecule has 0 bridgehead atoms. The molecule has 0 saturated heterocycles. The molecule has 3 rings (SSSR count). The molecule has 1 aliphatic rings. The first-order valence-corrected chi connectivity index (χ1v) is 7.77. The van der Waals surface area contributed by atoms with Crippen molar-refractivity contribution in [3.05, 3.63) is 51.0 Å². The number of hydrogen-bond donors (Lipinski definition) is 2. The van der Waals surface area contributed by atoms with Crippen molar-refractivity contribution in [1.29, 1.82) is 0 Å². The average Bonchev–Trinajstić information content (AvgIpc) is 2.80. The predicted octanol–water partition coefficient (Wildman–Crippen LogP) is 4.00. The second-order valence-electron chi connectivity index (χ2n) is 5.33. The van der Waals surface area contributed by atoms with Gasteiger partial charge in [0.25, 0.3) is 5.91 Å². The van der Waals surface area contributed by atoms with Crippen molar-refractivity contribution in [1.82, 2.24) is 4.98 Å². The summed E-state index contributed by atoms with van der Waals surface area (Å²) in [5.41, 5.74) is 2.48. The van der Waals surface area contributed by atoms with Gasteiger partial charge in [0.15, 0.2) is 5.78 Å². The molecule has 0 saturated carbocycles. The number of Topliss-reactive ketones (excluding diaryl/α,β-unsaturated/α-hetero) is 1. The van der Waals surface area contributed by atoms with Crippen molar-refractivity contribution in [3.63, 3.8) is 0 Å². The summed E-state index contributed by atoms with van der Waals surface area (Å²) >= 11 is 3.17. The van der Waals surface area contributed by atoms with Gasteiger partial charge in [-0.3, -0.25) is 9.59 Å². The highest BCUT2D eigenvalue weighted by atomic mass is 79.9. The topological polar surface area (TPSA) is 62.0 Å². The molecule has 0 atom stereocenters. The summed E-state index contributed by atoms with van der Waals surface area (Å²) in [6.45, 7) is 1.74. The van der Waals surface area contributed by atoms with Gasteiger partial charge >= 0.3 is 0 Å². The molecule has 1 aromatic heterocycles. The third-order valence-electron chi connectivity index (χ3n) is 3.84. The number of H-pyrrole nitrogens is 1. The van der Waals surface area contributed by atoms with E-state index >= 15 is 0 Å². The Morgan fingerprint density at radius 2 is 2.14 bits per heavy atom. The molecule has 114 valence electrons. The van der Waals surface area contributed by atoms with E-state index in [1.165, 1.54) is 12.1 Å². The maximum Gasteiger partial charge on any atom is 0.272 e. The van der Waals surface area contributed by atoms with Crippen LogP contribution in [-0.4, -0.2) is 16.7 Å². The van der Waals surface area contributed by atoms with E-state index in [4.69, 9.17) is 0 Å². The van der Waals surface area contributed by atoms with Gasteiger partial charge < -0.3 is 10.3 Å². The molecule has 0 radical (unpaired) electrons. The van der Waals surface area contributed by atoms with Gasteiger partial charge in [0, 0.05) is 22.2 Å². The number of ketones is 1. The fourth-order valence-electron chi connectivity index (χ4n) is 2.78. The van der Waals surface area contributed by atoms with E-state index in [1.807, 2.05) is 0 Å². The minimum absolute atomic E-state index is 0.0591. The molecule has 0 unspecified atom stereocenters. The van der Waals surface area contributed by atoms with Crippen molar-refractivity contribution in [2.45, 2.75) is 26.2 Å². The van der Waals surface area contributed by atoms with Crippen LogP contribution in [0, 0.1) is 12.7 Å². The van der Waals surface area contributed by atoms with E-state index < -0.39 is 11.7 Å². The average molecular weight is 365 g/mol. The van der Waals surface area contributed by atoms with Crippen LogP contribution in [0.25, 0.3) is 0 Å². The number of carbonyl (C=O) groups is 2. The maximum absolute atomic E-state index is 13.8. The van der Waals surface area contributed by atoms with Crippen molar-refractivity contribution < 1.29 is 14.0 Å². The minimum Gasteiger partial charge on any atom is -0.354 e. The summed E-state index contributed by atoms with van der Waals surface area (Å²) in [6, 6.07) is 4.42. The summed E-state index contributed by atoms with van der Waals surface area (Å²) in [7, 11) is 0. The number of amides is 1. The van der Waals surface area contributed by atoms with E-state index in [-0.39, 0.29) is 11.5 Å². The zero-order valence-electron chi connectivity index (χ0n) is 11.9. The first-order valence-electron chi connectivity index (χ1n) is 6.98. The molecule has 6 heteroatoms. The molecule has 1 amide bonds. The summed E-state index contributed by atoms with van der Waals surface area (Å²) in [4.78, 5) is 27.4. The summed E-state index contributed by atoms with van der Waals surface area (Å²) in [6.07, 6.45) is 2.05. The Labute approximate surface area is 135 Å². The van der Waals surface area contributed by atoms with Crippen molar-refractivity contribution in [2.24, 2.45) is 0 Å². The lowest BCUT2D eigenvalue weighted by atomic mass is 9.94. The van der Waals surface area contributed by atoms with Gasteiger partial charge in [-0.05, 0) is 43.5 Å². The lowest BCUT2D eigenvalue weighted by molar-refractivity contribution is 0.0971. The first kappa shape index (κ1) is 15.0. The molecule has 2 N–H and O–H groups in total. The molecule has 1 aliphatic carbocycles. The fourth-order valence-corrected chi connectivity index (χ4v) is 3.11. The van der Waals surface area contributed by atoms with Crippen LogP contribution < -0.4 is 5.32 Å². The molecule has 0 fully saturated rings. The number of hydrogen-bond acceptors (Lipinski definition) is 2. The van der Waals surface area contributed by atoms with Gasteiger partial charge in [0.2, 0.25) is 0 Å². The third-order valence-corrected chi connectivity index (χ3v) is 4.34. The number of halogens is 2. The second kappa shape index (κ2) is 5.68. The molecule has 2 aromatic rings. The Bertz CT molecular complexity index is 783. The number of nitrogens with one attached hydrogen (secondary N) is 2. The Hall–Kier alpha value is -1.95. The predicted molar refractivity (Wildman–Crippen MR) is 84.9 cm³/mol. The van der Waals surface area contributed by atoms with Crippen LogP contribution >= 0.6 is 15.9 Å². The van der Waals surface area contributed by atoms with Crippen LogP contribution in [0.5, 0.6) is 0 Å². The van der Waals surface area contributed by atoms with Crippen LogP contribution in [0.2, 0.25) is 0 Å². The number of carbonyl (C=O) groups excluding carboxylic acids is 2. The van der Waals surface area contributed by atoms with Gasteiger partial charge in [0.1, 0.15) is 11.5 Å². The fraction of sp³-hybridized carbons (Fsp3) is 0.250. The molecular weight excluding hydrogens is 351 g/mol. The Morgan fingerprint density at radius 1 is 1.36 bits per heavy atom. The van der Waals surface area contributed by atoms with Gasteiger partial charge in [-0.25, -0.2) is 4.39 Å². The summed E-state index contributed by atoms with van der Waals surface area (Å²) in [5, 5.41) is 2.54. The number of benzene rings is 1. The van der Waals surface area contributed by atoms with Gasteiger partial charge in [-0.15, -0.1) is 0 Å². The van der Waals surface area contributed by atoms with E-state index in [0.717, 1.165) is 18.5 Å². The molecule has 4 nitrogen and oxygen atoms in total. The number of fused-ring (bicyclic) bond motifs is 1. The monoisotopic (exact) mass is 364 g/mol. The molecule has 22 heavy (non-hydrogen) atoms. The lowest BCUT2D eigenvalue weighted by Gasteiger charge is -2.09. The van der Waals surface area contributed by atoms with Crippen molar-refractivity contribution in [2.75, 3.05) is 5.32 Å². The smallest absolute Gasteiger partial charge is 0.272 e. The highest BCUT2D eigenvalue weighted by molar-refractivity contribution is 9.10. The van der Waals surface area contributed by atoms with Crippen LogP contribution in [0.1, 0.15) is 44.9 Å². The van der Waals surface area contributed by atoms with Crippen LogP contribution in [0.15, 0.2) is 22.7 Å². The van der Waals surface area contributed by atoms with Crippen LogP contribution in [-0.2, 0) is 6.42 Å². The summed E-state index contributed by atoms with van der Waals surface area (Å²) in [5.74, 6) is -0.905. The first-order chi connectivity index (χ1) is 10.5. The Morgan fingerprint density at radius 3 is 2.82 bits per heavy atom. The number of aryl methyl sites for hydroxylation is 1. The molecular formula is C16H14BrFN2O2. The maximum atomic E-state index is 13.8. The SMILES string of the molecule is Cc1c(C(=O)Nc2ccc(Br)cc2F)[nH]c2c1C(=O)CCC2. The summed E-state index contributed by atoms with van der Waals surface area (Å²) < 4.78 is 14.4. The lowest BCUT2D eigenvalue weighted by Crippen LogP contribution is -2.15. The van der Waals surface area contributed by atoms with E-state index in [2.05, 4.69) is 26.2 Å². The number of aromatic nitrogens is 1. The number of anilines is 1. The molecule has 0 spiro atoms. The number of aromatic amines is 1. The normalized spacial score (nSPS) is 13.9. The second-order valence-corrected chi connectivity index (χ2v) is 6.25. The quantitative estimate of drug-likeness (QED) is 0.845. The van der Waals surface area contributed by atoms with Gasteiger partial charge in [0.05, 0.1) is 5.69 Å². The van der Waals surface area contributed by atoms with Gasteiger partial charge in [-0.1, -0.05) is 15.9 Å². The van der Waals surface area contributed by atoms with Crippen LogP contribution in [0.4, 0.5) is 10.1 Å². The largest absolute Gasteiger partial charge is 0.354 e. The highest BCUT2D eigenvalue weighted by Crippen LogP contribution is 2.27. The zero-order chi connectivity index (χ0) is 15.9. The highest BCUT2D eigenvalue weighted by Gasteiger charge is 2.26. The van der Waals surface area contributed by atoms with E-state index in [9.17, 15) is 14.0 Å². The molecule has 1 aromatic carbocycles. The zero-order valence-corrected chi connectivity index (χ0v) is 13.5. The van der Waals surface area contributed by atoms with Crippen molar-refractivity contribution in [3.8, 4) is 0 Å².